The van der Waals surface area contributed by atoms with Gasteiger partial charge in [-0.1, -0.05) is 48.5 Å². The number of carbonyl (C=O) groups excluding carboxylic acids is 2. The lowest BCUT2D eigenvalue weighted by Crippen LogP contribution is -2.28. The summed E-state index contributed by atoms with van der Waals surface area (Å²) in [5, 5.41) is 5.68. The van der Waals surface area contributed by atoms with Crippen molar-refractivity contribution in [1.82, 2.24) is 5.32 Å². The van der Waals surface area contributed by atoms with Gasteiger partial charge in [0.25, 0.3) is 11.8 Å². The molecule has 0 fully saturated rings. The minimum Gasteiger partial charge on any atom is -0.483 e. The Morgan fingerprint density at radius 3 is 2.28 bits per heavy atom. The smallest absolute Gasteiger partial charge is 0.258 e. The molecule has 29 heavy (non-hydrogen) atoms. The van der Waals surface area contributed by atoms with Crippen molar-refractivity contribution >= 4 is 17.5 Å². The number of nitrogens with one attached hydrogen (secondary N) is 2. The summed E-state index contributed by atoms with van der Waals surface area (Å²) in [6.07, 6.45) is 0. The van der Waals surface area contributed by atoms with Crippen LogP contribution in [-0.4, -0.2) is 18.4 Å². The molecule has 0 spiro atoms. The van der Waals surface area contributed by atoms with Crippen molar-refractivity contribution < 1.29 is 14.3 Å². The minimum atomic E-state index is -0.216. The third-order valence-electron chi connectivity index (χ3n) is 4.47. The van der Waals surface area contributed by atoms with Gasteiger partial charge < -0.3 is 15.4 Å². The van der Waals surface area contributed by atoms with Crippen LogP contribution in [0, 0.1) is 13.8 Å². The van der Waals surface area contributed by atoms with Crippen LogP contribution in [0.2, 0.25) is 0 Å². The number of para-hydroxylation sites is 2. The van der Waals surface area contributed by atoms with Gasteiger partial charge in [0.05, 0.1) is 0 Å². The summed E-state index contributed by atoms with van der Waals surface area (Å²) >= 11 is 0. The Morgan fingerprint density at radius 2 is 1.55 bits per heavy atom. The monoisotopic (exact) mass is 388 g/mol. The summed E-state index contributed by atoms with van der Waals surface area (Å²) in [5.41, 5.74) is 4.10. The zero-order valence-corrected chi connectivity index (χ0v) is 16.6. The number of ether oxygens (including phenoxy) is 1. The number of hydrogen-bond donors (Lipinski definition) is 2. The van der Waals surface area contributed by atoms with E-state index in [1.54, 1.807) is 18.2 Å². The summed E-state index contributed by atoms with van der Waals surface area (Å²) in [6.45, 7) is 4.17. The predicted octanol–water partition coefficient (Wildman–Crippen LogP) is 4.25. The summed E-state index contributed by atoms with van der Waals surface area (Å²) in [5.74, 6) is 0.330. The quantitative estimate of drug-likeness (QED) is 0.636. The van der Waals surface area contributed by atoms with E-state index in [1.807, 2.05) is 68.4 Å². The van der Waals surface area contributed by atoms with Crippen molar-refractivity contribution in [2.75, 3.05) is 11.9 Å². The molecular weight excluding hydrogens is 364 g/mol. The summed E-state index contributed by atoms with van der Waals surface area (Å²) in [4.78, 5) is 24.6. The SMILES string of the molecule is Cc1cccc(C)c1OCC(=O)NCc1cccc(C(=O)Nc2ccccc2)c1. The van der Waals surface area contributed by atoms with Crippen LogP contribution >= 0.6 is 0 Å². The Morgan fingerprint density at radius 1 is 0.862 bits per heavy atom. The number of amides is 2. The number of anilines is 1. The minimum absolute atomic E-state index is 0.0557. The molecule has 2 N–H and O–H groups in total. The van der Waals surface area contributed by atoms with Crippen molar-refractivity contribution in [1.29, 1.82) is 0 Å². The Labute approximate surface area is 170 Å². The van der Waals surface area contributed by atoms with Gasteiger partial charge in [0.1, 0.15) is 5.75 Å². The molecule has 0 saturated carbocycles. The van der Waals surface area contributed by atoms with Crippen LogP contribution < -0.4 is 15.4 Å². The maximum absolute atomic E-state index is 12.4. The van der Waals surface area contributed by atoms with E-state index in [1.165, 1.54) is 0 Å². The molecular formula is C24H24N2O3. The molecule has 3 aromatic carbocycles. The van der Waals surface area contributed by atoms with E-state index in [9.17, 15) is 9.59 Å². The Balaban J connectivity index is 1.53. The molecule has 0 radical (unpaired) electrons. The fourth-order valence-corrected chi connectivity index (χ4v) is 2.96. The van der Waals surface area contributed by atoms with Gasteiger partial charge in [-0.05, 0) is 54.8 Å². The van der Waals surface area contributed by atoms with Gasteiger partial charge in [-0.15, -0.1) is 0 Å². The molecule has 0 bridgehead atoms. The summed E-state index contributed by atoms with van der Waals surface area (Å²) < 4.78 is 5.67. The first-order valence-electron chi connectivity index (χ1n) is 9.44. The van der Waals surface area contributed by atoms with Crippen LogP contribution in [0.4, 0.5) is 5.69 Å². The number of carbonyl (C=O) groups is 2. The van der Waals surface area contributed by atoms with E-state index in [0.29, 0.717) is 12.1 Å². The molecule has 0 aliphatic heterocycles. The first-order valence-corrected chi connectivity index (χ1v) is 9.44. The number of aryl methyl sites for hydroxylation is 2. The highest BCUT2D eigenvalue weighted by atomic mass is 16.5. The van der Waals surface area contributed by atoms with Crippen LogP contribution in [-0.2, 0) is 11.3 Å². The highest BCUT2D eigenvalue weighted by Crippen LogP contribution is 2.22. The fourth-order valence-electron chi connectivity index (χ4n) is 2.96. The van der Waals surface area contributed by atoms with Gasteiger partial charge in [-0.2, -0.15) is 0 Å². The van der Waals surface area contributed by atoms with Crippen LogP contribution in [0.5, 0.6) is 5.75 Å². The summed E-state index contributed by atoms with van der Waals surface area (Å²) in [7, 11) is 0. The van der Waals surface area contributed by atoms with Gasteiger partial charge in [-0.3, -0.25) is 9.59 Å². The van der Waals surface area contributed by atoms with Gasteiger partial charge in [0.2, 0.25) is 0 Å². The van der Waals surface area contributed by atoms with Crippen molar-refractivity contribution in [3.05, 3.63) is 95.1 Å². The van der Waals surface area contributed by atoms with Gasteiger partial charge >= 0.3 is 0 Å². The highest BCUT2D eigenvalue weighted by molar-refractivity contribution is 6.04. The molecule has 0 aliphatic carbocycles. The van der Waals surface area contributed by atoms with Crippen molar-refractivity contribution in [2.45, 2.75) is 20.4 Å². The second-order valence-corrected chi connectivity index (χ2v) is 6.81. The Bertz CT molecular complexity index is 980. The van der Waals surface area contributed by atoms with Crippen molar-refractivity contribution in [3.63, 3.8) is 0 Å². The summed E-state index contributed by atoms with van der Waals surface area (Å²) in [6, 6.07) is 22.3. The maximum Gasteiger partial charge on any atom is 0.258 e. The van der Waals surface area contributed by atoms with E-state index in [-0.39, 0.29) is 18.4 Å². The standard InChI is InChI=1S/C24H24N2O3/c1-17-8-6-9-18(2)23(17)29-16-22(27)25-15-19-10-7-11-20(14-19)24(28)26-21-12-4-3-5-13-21/h3-14H,15-16H2,1-2H3,(H,25,27)(H,26,28). The largest absolute Gasteiger partial charge is 0.483 e. The molecule has 0 heterocycles. The number of rotatable bonds is 7. The molecule has 148 valence electrons. The highest BCUT2D eigenvalue weighted by Gasteiger charge is 2.09. The van der Waals surface area contributed by atoms with Gasteiger partial charge in [-0.25, -0.2) is 0 Å². The van der Waals surface area contributed by atoms with E-state index >= 15 is 0 Å². The Kier molecular flexibility index (Phi) is 6.63. The molecule has 3 rings (SSSR count). The van der Waals surface area contributed by atoms with Crippen LogP contribution in [0.25, 0.3) is 0 Å². The second-order valence-electron chi connectivity index (χ2n) is 6.81. The normalized spacial score (nSPS) is 10.3. The van der Waals surface area contributed by atoms with E-state index in [4.69, 9.17) is 4.74 Å². The lowest BCUT2D eigenvalue weighted by atomic mass is 10.1. The van der Waals surface area contributed by atoms with E-state index < -0.39 is 0 Å². The Hall–Kier alpha value is -3.60. The molecule has 5 nitrogen and oxygen atoms in total. The molecule has 5 heteroatoms. The molecule has 2 amide bonds. The molecule has 0 aromatic heterocycles. The topological polar surface area (TPSA) is 67.4 Å². The van der Waals surface area contributed by atoms with Gasteiger partial charge in [0, 0.05) is 17.8 Å². The fraction of sp³-hybridized carbons (Fsp3) is 0.167. The molecule has 0 aliphatic rings. The van der Waals surface area contributed by atoms with Crippen LogP contribution in [0.3, 0.4) is 0 Å². The first-order chi connectivity index (χ1) is 14.0. The molecule has 0 atom stereocenters. The van der Waals surface area contributed by atoms with Crippen molar-refractivity contribution in [3.8, 4) is 5.75 Å². The molecule has 0 unspecified atom stereocenters. The zero-order valence-electron chi connectivity index (χ0n) is 16.6. The number of benzene rings is 3. The average molecular weight is 388 g/mol. The lowest BCUT2D eigenvalue weighted by Gasteiger charge is -2.12. The number of hydrogen-bond acceptors (Lipinski definition) is 3. The van der Waals surface area contributed by atoms with E-state index in [2.05, 4.69) is 10.6 Å². The van der Waals surface area contributed by atoms with Gasteiger partial charge in [0.15, 0.2) is 6.61 Å². The van der Waals surface area contributed by atoms with Crippen molar-refractivity contribution in [2.24, 2.45) is 0 Å². The predicted molar refractivity (Wildman–Crippen MR) is 114 cm³/mol. The van der Waals surface area contributed by atoms with E-state index in [0.717, 1.165) is 28.1 Å². The average Bonchev–Trinajstić information content (AvgIpc) is 2.73. The third kappa shape index (κ3) is 5.69. The maximum atomic E-state index is 12.4. The zero-order chi connectivity index (χ0) is 20.6. The van der Waals surface area contributed by atoms with Crippen LogP contribution in [0.1, 0.15) is 27.0 Å². The molecule has 3 aromatic rings. The molecule has 0 saturated heterocycles. The second kappa shape index (κ2) is 9.55. The van der Waals surface area contributed by atoms with Crippen LogP contribution in [0.15, 0.2) is 72.8 Å². The first kappa shape index (κ1) is 20.1. The third-order valence-corrected chi connectivity index (χ3v) is 4.47. The lowest BCUT2D eigenvalue weighted by molar-refractivity contribution is -0.123.